The molecule has 12 nitrogen and oxygen atoms in total. The van der Waals surface area contributed by atoms with Crippen molar-refractivity contribution in [3.63, 3.8) is 0 Å². The summed E-state index contributed by atoms with van der Waals surface area (Å²) in [5.74, 6) is 1.28. The summed E-state index contributed by atoms with van der Waals surface area (Å²) in [6.07, 6.45) is 4.87. The first kappa shape index (κ1) is 36.9. The lowest BCUT2D eigenvalue weighted by Crippen LogP contribution is -2.40. The Labute approximate surface area is 329 Å². The number of ether oxygens (including phenoxy) is 1. The number of H-pyrrole nitrogens is 2. The van der Waals surface area contributed by atoms with Crippen LogP contribution < -0.4 is 5.73 Å². The van der Waals surface area contributed by atoms with Crippen LogP contribution in [0.5, 0.6) is 0 Å². The van der Waals surface area contributed by atoms with Gasteiger partial charge < -0.3 is 30.2 Å². The predicted molar refractivity (Wildman–Crippen MR) is 215 cm³/mol. The number of nitrogens with two attached hydrogens (primary N) is 1. The number of thiophene rings is 1. The number of nitrogens with one attached hydrogen (secondary N) is 2. The number of hydrogen-bond acceptors (Lipinski definition) is 8. The molecule has 1 unspecified atom stereocenters. The van der Waals surface area contributed by atoms with Gasteiger partial charge in [-0.3, -0.25) is 14.5 Å². The molecule has 8 rings (SSSR count). The van der Waals surface area contributed by atoms with Gasteiger partial charge in [0.25, 0.3) is 5.91 Å². The third kappa shape index (κ3) is 7.47. The molecule has 0 saturated carbocycles. The Morgan fingerprint density at radius 2 is 1.25 bits per heavy atom. The van der Waals surface area contributed by atoms with Gasteiger partial charge in [-0.1, -0.05) is 78.9 Å². The number of benzene rings is 3. The zero-order valence-electron chi connectivity index (χ0n) is 31.3. The van der Waals surface area contributed by atoms with E-state index in [4.69, 9.17) is 15.5 Å². The largest absolute Gasteiger partial charge is 0.431 e. The van der Waals surface area contributed by atoms with Crippen LogP contribution in [0.25, 0.3) is 33.6 Å². The number of aromatic nitrogens is 4. The average Bonchev–Trinajstić information content (AvgIpc) is 4.07. The third-order valence-electron chi connectivity index (χ3n) is 10.8. The fraction of sp³-hybridized carbons (Fsp3) is 0.279. The molecule has 286 valence electrons. The lowest BCUT2D eigenvalue weighted by Gasteiger charge is -2.31. The topological polar surface area (TPSA) is 154 Å². The van der Waals surface area contributed by atoms with Crippen LogP contribution in [0.2, 0.25) is 0 Å². The number of hydrogen-bond donors (Lipinski definition) is 3. The van der Waals surface area contributed by atoms with Gasteiger partial charge in [0.1, 0.15) is 17.7 Å². The van der Waals surface area contributed by atoms with Crippen LogP contribution in [0.15, 0.2) is 108 Å². The summed E-state index contributed by atoms with van der Waals surface area (Å²) in [4.78, 5) is 61.3. The maximum absolute atomic E-state index is 13.8. The lowest BCUT2D eigenvalue weighted by atomic mass is 10.0. The molecule has 4 atom stereocenters. The molecule has 5 heterocycles. The van der Waals surface area contributed by atoms with Crippen LogP contribution in [-0.4, -0.2) is 79.7 Å². The first-order valence-corrected chi connectivity index (χ1v) is 19.8. The van der Waals surface area contributed by atoms with E-state index in [1.165, 1.54) is 0 Å². The van der Waals surface area contributed by atoms with E-state index in [-0.39, 0.29) is 29.9 Å². The minimum atomic E-state index is -1.12. The van der Waals surface area contributed by atoms with Crippen molar-refractivity contribution in [2.24, 2.45) is 5.73 Å². The van der Waals surface area contributed by atoms with Gasteiger partial charge >= 0.3 is 6.09 Å². The molecule has 2 saturated heterocycles. The maximum Gasteiger partial charge on any atom is 0.405 e. The van der Waals surface area contributed by atoms with Crippen LogP contribution in [0.1, 0.15) is 72.7 Å². The van der Waals surface area contributed by atoms with Crippen molar-refractivity contribution in [1.29, 1.82) is 0 Å². The molecule has 0 aliphatic carbocycles. The highest BCUT2D eigenvalue weighted by molar-refractivity contribution is 7.08. The minimum absolute atomic E-state index is 0.0875. The summed E-state index contributed by atoms with van der Waals surface area (Å²) in [6, 6.07) is 26.9. The number of rotatable bonds is 11. The van der Waals surface area contributed by atoms with Crippen molar-refractivity contribution in [3.8, 4) is 33.6 Å². The molecule has 3 amide bonds. The molecule has 56 heavy (non-hydrogen) atoms. The first-order chi connectivity index (χ1) is 27.2. The van der Waals surface area contributed by atoms with E-state index < -0.39 is 12.2 Å². The van der Waals surface area contributed by atoms with E-state index in [1.807, 2.05) is 47.6 Å². The Morgan fingerprint density at radius 1 is 0.732 bits per heavy atom. The molecule has 13 heteroatoms. The Kier molecular flexibility index (Phi) is 10.5. The molecule has 3 aromatic carbocycles. The minimum Gasteiger partial charge on any atom is -0.431 e. The van der Waals surface area contributed by atoms with Crippen molar-refractivity contribution >= 4 is 29.2 Å². The number of primary amides is 1. The number of nitrogens with zero attached hydrogens (tertiary/aromatic N) is 5. The molecule has 2 aliphatic heterocycles. The molecule has 6 aromatic rings. The van der Waals surface area contributed by atoms with Gasteiger partial charge in [-0.05, 0) is 84.4 Å². The monoisotopic (exact) mass is 768 g/mol. The molecule has 0 radical (unpaired) electrons. The van der Waals surface area contributed by atoms with Crippen molar-refractivity contribution in [2.75, 3.05) is 27.2 Å². The smallest absolute Gasteiger partial charge is 0.405 e. The highest BCUT2D eigenvalue weighted by Crippen LogP contribution is 2.37. The normalized spacial score (nSPS) is 18.0. The summed E-state index contributed by atoms with van der Waals surface area (Å²) in [5.41, 5.74) is 12.8. The molecule has 0 bridgehead atoms. The second kappa shape index (κ2) is 16.0. The SMILES string of the molecule is CN(C)C(C(=O)N1CCC[C@H]1c1ncc(-c2ccc(-c3ccc(-c4cnc([C@@H]5CCCN5C(=O)[C@H](OC(N)=O)c5ccccc5)[nH]4)cc3)cc2)[nH]1)c1ccsc1. The molecule has 2 fully saturated rings. The molecule has 3 aromatic heterocycles. The third-order valence-corrected chi connectivity index (χ3v) is 11.5. The lowest BCUT2D eigenvalue weighted by molar-refractivity contribution is -0.141. The standard InChI is InChI=1S/C43H44N8O4S/c1-49(2)37(32-20-23-56-26-32)41(52)50-21-6-10-35(50)39-45-24-33(47-39)29-16-12-27(13-17-29)28-14-18-30(19-15-28)34-25-46-40(48-34)36-11-7-22-51(36)42(53)38(55-43(44)54)31-8-4-3-5-9-31/h3-5,8-9,12-20,23-26,35-38H,6-7,10-11,21-22H2,1-2H3,(H2,44,54)(H,45,47)(H,46,48)/t35-,36-,37?,38+/m0/s1. The predicted octanol–water partition coefficient (Wildman–Crippen LogP) is 7.66. The summed E-state index contributed by atoms with van der Waals surface area (Å²) in [7, 11) is 3.91. The number of likely N-dealkylation sites (N-methyl/N-ethyl adjacent to an activating group) is 1. The summed E-state index contributed by atoms with van der Waals surface area (Å²) >= 11 is 1.61. The zero-order chi connectivity index (χ0) is 38.8. The Bertz CT molecular complexity index is 2290. The second-order valence-corrected chi connectivity index (χ2v) is 15.3. The molecule has 4 N–H and O–H groups in total. The fourth-order valence-corrected chi connectivity index (χ4v) is 8.70. The van der Waals surface area contributed by atoms with Gasteiger partial charge in [0.15, 0.2) is 0 Å². The Balaban J connectivity index is 0.930. The number of likely N-dealkylation sites (tertiary alicyclic amines) is 2. The molecular formula is C43H44N8O4S. The number of aromatic amines is 2. The van der Waals surface area contributed by atoms with Crippen LogP contribution in [0, 0.1) is 0 Å². The Hall–Kier alpha value is -6.05. The van der Waals surface area contributed by atoms with Gasteiger partial charge in [-0.15, -0.1) is 0 Å². The van der Waals surface area contributed by atoms with Crippen LogP contribution in [0.3, 0.4) is 0 Å². The van der Waals surface area contributed by atoms with E-state index in [1.54, 1.807) is 46.7 Å². The Morgan fingerprint density at radius 3 is 1.73 bits per heavy atom. The summed E-state index contributed by atoms with van der Waals surface area (Å²) in [6.45, 7) is 1.24. The van der Waals surface area contributed by atoms with Gasteiger partial charge in [-0.2, -0.15) is 11.3 Å². The van der Waals surface area contributed by atoms with Crippen molar-refractivity contribution < 1.29 is 19.1 Å². The van der Waals surface area contributed by atoms with E-state index in [0.29, 0.717) is 24.5 Å². The number of carbonyl (C=O) groups excluding carboxylic acids is 3. The summed E-state index contributed by atoms with van der Waals surface area (Å²) < 4.78 is 5.30. The van der Waals surface area contributed by atoms with Crippen molar-refractivity contribution in [2.45, 2.75) is 49.9 Å². The highest BCUT2D eigenvalue weighted by atomic mass is 32.1. The van der Waals surface area contributed by atoms with Gasteiger partial charge in [0.05, 0.1) is 35.9 Å². The van der Waals surface area contributed by atoms with Crippen molar-refractivity contribution in [3.05, 3.63) is 131 Å². The van der Waals surface area contributed by atoms with Crippen LogP contribution >= 0.6 is 11.3 Å². The van der Waals surface area contributed by atoms with Crippen LogP contribution in [0.4, 0.5) is 4.79 Å². The van der Waals surface area contributed by atoms with E-state index in [0.717, 1.165) is 70.7 Å². The van der Waals surface area contributed by atoms with E-state index >= 15 is 0 Å². The van der Waals surface area contributed by atoms with Gasteiger partial charge in [0, 0.05) is 18.7 Å². The maximum atomic E-state index is 13.8. The van der Waals surface area contributed by atoms with Gasteiger partial charge in [-0.25, -0.2) is 14.8 Å². The summed E-state index contributed by atoms with van der Waals surface area (Å²) in [5, 5.41) is 4.07. The fourth-order valence-electron chi connectivity index (χ4n) is 8.02. The quantitative estimate of drug-likeness (QED) is 0.122. The zero-order valence-corrected chi connectivity index (χ0v) is 32.1. The molecule has 2 aliphatic rings. The number of imidazole rings is 2. The van der Waals surface area contributed by atoms with Crippen molar-refractivity contribution in [1.82, 2.24) is 34.6 Å². The number of carbonyl (C=O) groups is 3. The average molecular weight is 769 g/mol. The first-order valence-electron chi connectivity index (χ1n) is 18.9. The van der Waals surface area contributed by atoms with Gasteiger partial charge in [0.2, 0.25) is 12.0 Å². The highest BCUT2D eigenvalue weighted by Gasteiger charge is 2.39. The molecule has 0 spiro atoms. The molecular weight excluding hydrogens is 725 g/mol. The second-order valence-electron chi connectivity index (χ2n) is 14.5. The van der Waals surface area contributed by atoms with E-state index in [2.05, 4.69) is 68.9 Å². The number of amides is 3. The van der Waals surface area contributed by atoms with Crippen LogP contribution in [-0.2, 0) is 14.3 Å². The van der Waals surface area contributed by atoms with E-state index in [9.17, 15) is 14.4 Å².